The molecule has 6 nitrogen and oxygen atoms in total. The molecule has 2 aromatic rings. The summed E-state index contributed by atoms with van der Waals surface area (Å²) in [6.07, 6.45) is 1.94. The molecular weight excluding hydrogens is 336 g/mol. The van der Waals surface area contributed by atoms with Crippen molar-refractivity contribution in [2.75, 3.05) is 27.4 Å². The van der Waals surface area contributed by atoms with E-state index in [0.29, 0.717) is 19.7 Å². The number of nitrogens with zero attached hydrogens (tertiary/aromatic N) is 3. The van der Waals surface area contributed by atoms with Crippen molar-refractivity contribution in [3.63, 3.8) is 0 Å². The highest BCUT2D eigenvalue weighted by molar-refractivity contribution is 9.10. The fourth-order valence-corrected chi connectivity index (χ4v) is 2.23. The lowest BCUT2D eigenvalue weighted by Crippen LogP contribution is -2.18. The van der Waals surface area contributed by atoms with Crippen molar-refractivity contribution in [2.45, 2.75) is 13.1 Å². The van der Waals surface area contributed by atoms with Gasteiger partial charge in [-0.15, -0.1) is 5.10 Å². The molecule has 0 saturated carbocycles. The van der Waals surface area contributed by atoms with Crippen LogP contribution in [0.3, 0.4) is 0 Å². The van der Waals surface area contributed by atoms with Crippen molar-refractivity contribution < 1.29 is 9.47 Å². The van der Waals surface area contributed by atoms with Crippen LogP contribution in [0.25, 0.3) is 0 Å². The van der Waals surface area contributed by atoms with Gasteiger partial charge in [-0.3, -0.25) is 0 Å². The quantitative estimate of drug-likeness (QED) is 0.732. The number of benzene rings is 1. The molecule has 1 aromatic carbocycles. The topological polar surface area (TPSA) is 61.2 Å². The van der Waals surface area contributed by atoms with Gasteiger partial charge in [-0.2, -0.15) is 0 Å². The molecule has 21 heavy (non-hydrogen) atoms. The van der Waals surface area contributed by atoms with E-state index < -0.39 is 0 Å². The third-order valence-electron chi connectivity index (χ3n) is 2.96. The Labute approximate surface area is 132 Å². The molecule has 0 atom stereocenters. The molecule has 0 aliphatic carbocycles. The Hall–Kier alpha value is -1.44. The average molecular weight is 355 g/mol. The van der Waals surface area contributed by atoms with Crippen molar-refractivity contribution in [1.82, 2.24) is 20.3 Å². The van der Waals surface area contributed by atoms with E-state index >= 15 is 0 Å². The van der Waals surface area contributed by atoms with Crippen LogP contribution in [0.1, 0.15) is 11.3 Å². The summed E-state index contributed by atoms with van der Waals surface area (Å²) in [4.78, 5) is 0. The standard InChI is InChI=1S/C14H19BrN4O2/c1-20-6-5-16-8-12-10-19(18-17-12)9-11-7-13(21-2)3-4-14(11)15/h3-4,7,10,16H,5-6,8-9H2,1-2H3. The molecule has 0 spiro atoms. The molecule has 0 amide bonds. The van der Waals surface area contributed by atoms with Crippen molar-refractivity contribution in [3.05, 3.63) is 40.1 Å². The molecule has 0 unspecified atom stereocenters. The van der Waals surface area contributed by atoms with E-state index in [-0.39, 0.29) is 0 Å². The highest BCUT2D eigenvalue weighted by Crippen LogP contribution is 2.23. The van der Waals surface area contributed by atoms with E-state index in [1.54, 1.807) is 14.2 Å². The second-order valence-corrected chi connectivity index (χ2v) is 5.39. The highest BCUT2D eigenvalue weighted by atomic mass is 79.9. The van der Waals surface area contributed by atoms with Gasteiger partial charge in [0.05, 0.1) is 32.2 Å². The normalized spacial score (nSPS) is 10.8. The van der Waals surface area contributed by atoms with E-state index in [1.807, 2.05) is 29.1 Å². The first-order valence-corrected chi connectivity index (χ1v) is 7.43. The number of halogens is 1. The first-order valence-electron chi connectivity index (χ1n) is 6.64. The number of nitrogens with one attached hydrogen (secondary N) is 1. The summed E-state index contributed by atoms with van der Waals surface area (Å²) >= 11 is 3.54. The van der Waals surface area contributed by atoms with E-state index in [0.717, 1.165) is 28.0 Å². The molecule has 0 aliphatic rings. The monoisotopic (exact) mass is 354 g/mol. The molecule has 1 aromatic heterocycles. The van der Waals surface area contributed by atoms with E-state index in [9.17, 15) is 0 Å². The van der Waals surface area contributed by atoms with Crippen molar-refractivity contribution >= 4 is 15.9 Å². The Morgan fingerprint density at radius 2 is 2.19 bits per heavy atom. The van der Waals surface area contributed by atoms with Crippen LogP contribution < -0.4 is 10.1 Å². The smallest absolute Gasteiger partial charge is 0.119 e. The van der Waals surface area contributed by atoms with Gasteiger partial charge in [-0.1, -0.05) is 21.1 Å². The fraction of sp³-hybridized carbons (Fsp3) is 0.429. The SMILES string of the molecule is COCCNCc1cn(Cc2cc(OC)ccc2Br)nn1. The summed E-state index contributed by atoms with van der Waals surface area (Å²) < 4.78 is 13.1. The zero-order valence-electron chi connectivity index (χ0n) is 12.2. The maximum atomic E-state index is 5.24. The molecule has 2 rings (SSSR count). The van der Waals surface area contributed by atoms with Gasteiger partial charge in [0.1, 0.15) is 5.75 Å². The largest absolute Gasteiger partial charge is 0.497 e. The van der Waals surface area contributed by atoms with Gasteiger partial charge >= 0.3 is 0 Å². The molecule has 0 radical (unpaired) electrons. The number of rotatable bonds is 8. The highest BCUT2D eigenvalue weighted by Gasteiger charge is 2.06. The van der Waals surface area contributed by atoms with Crippen molar-refractivity contribution in [3.8, 4) is 5.75 Å². The minimum absolute atomic E-state index is 0.642. The Kier molecular flexibility index (Phi) is 6.16. The summed E-state index contributed by atoms with van der Waals surface area (Å²) in [5, 5.41) is 11.5. The summed E-state index contributed by atoms with van der Waals surface area (Å²) in [6.45, 7) is 2.81. The zero-order chi connectivity index (χ0) is 15.1. The first kappa shape index (κ1) is 15.9. The van der Waals surface area contributed by atoms with Gasteiger partial charge < -0.3 is 14.8 Å². The molecule has 0 bridgehead atoms. The van der Waals surface area contributed by atoms with Crippen molar-refractivity contribution in [1.29, 1.82) is 0 Å². The van der Waals surface area contributed by atoms with Gasteiger partial charge in [-0.05, 0) is 23.8 Å². The van der Waals surface area contributed by atoms with Gasteiger partial charge in [0, 0.05) is 24.7 Å². The number of methoxy groups -OCH3 is 2. The predicted molar refractivity (Wildman–Crippen MR) is 83.4 cm³/mol. The Bertz CT molecular complexity index is 574. The number of aromatic nitrogens is 3. The molecule has 0 aliphatic heterocycles. The number of ether oxygens (including phenoxy) is 2. The molecular formula is C14H19BrN4O2. The van der Waals surface area contributed by atoms with E-state index in [2.05, 4.69) is 31.6 Å². The van der Waals surface area contributed by atoms with E-state index in [4.69, 9.17) is 9.47 Å². The Morgan fingerprint density at radius 1 is 1.33 bits per heavy atom. The van der Waals surface area contributed by atoms with Crippen LogP contribution in [-0.2, 0) is 17.8 Å². The van der Waals surface area contributed by atoms with Crippen LogP contribution in [-0.4, -0.2) is 42.4 Å². The summed E-state index contributed by atoms with van der Waals surface area (Å²) in [6, 6.07) is 5.88. The van der Waals surface area contributed by atoms with Gasteiger partial charge in [-0.25, -0.2) is 4.68 Å². The van der Waals surface area contributed by atoms with Crippen LogP contribution in [0, 0.1) is 0 Å². The van der Waals surface area contributed by atoms with Crippen molar-refractivity contribution in [2.24, 2.45) is 0 Å². The molecule has 0 fully saturated rings. The molecule has 1 N–H and O–H groups in total. The van der Waals surface area contributed by atoms with Crippen LogP contribution in [0.2, 0.25) is 0 Å². The summed E-state index contributed by atoms with van der Waals surface area (Å²) in [5.41, 5.74) is 2.00. The summed E-state index contributed by atoms with van der Waals surface area (Å²) in [5.74, 6) is 0.828. The number of hydrogen-bond donors (Lipinski definition) is 1. The lowest BCUT2D eigenvalue weighted by Gasteiger charge is -2.07. The fourth-order valence-electron chi connectivity index (χ4n) is 1.86. The first-order chi connectivity index (χ1) is 10.2. The second-order valence-electron chi connectivity index (χ2n) is 4.53. The lowest BCUT2D eigenvalue weighted by atomic mass is 10.2. The van der Waals surface area contributed by atoms with Gasteiger partial charge in [0.25, 0.3) is 0 Å². The lowest BCUT2D eigenvalue weighted by molar-refractivity contribution is 0.199. The van der Waals surface area contributed by atoms with Gasteiger partial charge in [0.2, 0.25) is 0 Å². The van der Waals surface area contributed by atoms with Gasteiger partial charge in [0.15, 0.2) is 0 Å². The molecule has 0 saturated heterocycles. The average Bonchev–Trinajstić information content (AvgIpc) is 2.93. The third-order valence-corrected chi connectivity index (χ3v) is 3.73. The Morgan fingerprint density at radius 3 is 2.95 bits per heavy atom. The number of hydrogen-bond acceptors (Lipinski definition) is 5. The van der Waals surface area contributed by atoms with Crippen LogP contribution in [0.15, 0.2) is 28.9 Å². The predicted octanol–water partition coefficient (Wildman–Crippen LogP) is 1.83. The zero-order valence-corrected chi connectivity index (χ0v) is 13.8. The Balaban J connectivity index is 1.96. The summed E-state index contributed by atoms with van der Waals surface area (Å²) in [7, 11) is 3.34. The minimum Gasteiger partial charge on any atom is -0.497 e. The van der Waals surface area contributed by atoms with Crippen LogP contribution in [0.4, 0.5) is 0 Å². The van der Waals surface area contributed by atoms with E-state index in [1.165, 1.54) is 0 Å². The molecule has 114 valence electrons. The molecule has 7 heteroatoms. The minimum atomic E-state index is 0.642. The van der Waals surface area contributed by atoms with Crippen LogP contribution in [0.5, 0.6) is 5.75 Å². The maximum absolute atomic E-state index is 5.24. The maximum Gasteiger partial charge on any atom is 0.119 e. The second kappa shape index (κ2) is 8.11. The van der Waals surface area contributed by atoms with Crippen LogP contribution >= 0.6 is 15.9 Å². The molecule has 1 heterocycles. The third kappa shape index (κ3) is 4.80.